The molecule has 4 nitrogen and oxygen atoms in total. The number of allylic oxidation sites excluding steroid dienone is 3. The molecule has 0 aliphatic heterocycles. The average Bonchev–Trinajstić information content (AvgIpc) is 2.94. The van der Waals surface area contributed by atoms with Crippen molar-refractivity contribution in [2.24, 2.45) is 5.92 Å². The maximum absolute atomic E-state index is 12.3. The Morgan fingerprint density at radius 3 is 1.77 bits per heavy atom. The van der Waals surface area contributed by atoms with Gasteiger partial charge in [-0.1, -0.05) is 161 Å². The van der Waals surface area contributed by atoms with Gasteiger partial charge in [-0.3, -0.25) is 4.79 Å². The third kappa shape index (κ3) is 27.1. The molecule has 0 bridgehead atoms. The zero-order valence-electron chi connectivity index (χ0n) is 27.0. The zero-order valence-corrected chi connectivity index (χ0v) is 27.0. The summed E-state index contributed by atoms with van der Waals surface area (Å²) in [6, 6.07) is -0.633. The lowest BCUT2D eigenvalue weighted by Crippen LogP contribution is -2.45. The van der Waals surface area contributed by atoms with Gasteiger partial charge in [0.15, 0.2) is 0 Å². The molecule has 0 saturated heterocycles. The van der Waals surface area contributed by atoms with Crippen molar-refractivity contribution in [3.8, 4) is 0 Å². The Labute approximate surface area is 249 Å². The van der Waals surface area contributed by atoms with E-state index in [1.165, 1.54) is 116 Å². The van der Waals surface area contributed by atoms with Crippen LogP contribution >= 0.6 is 0 Å². The Morgan fingerprint density at radius 2 is 1.18 bits per heavy atom. The number of hydrogen-bond acceptors (Lipinski definition) is 3. The van der Waals surface area contributed by atoms with Crippen molar-refractivity contribution in [3.63, 3.8) is 0 Å². The first-order valence-corrected chi connectivity index (χ1v) is 17.4. The molecule has 236 valence electrons. The Bertz CT molecular complexity index is 589. The van der Waals surface area contributed by atoms with Crippen LogP contribution in [-0.4, -0.2) is 34.9 Å². The highest BCUT2D eigenvalue weighted by Crippen LogP contribution is 2.17. The van der Waals surface area contributed by atoms with Crippen LogP contribution in [0.4, 0.5) is 0 Å². The molecular formula is C36H69NO3. The third-order valence-corrected chi connectivity index (χ3v) is 8.06. The highest BCUT2D eigenvalue weighted by Gasteiger charge is 2.17. The number of unbranched alkanes of at least 4 members (excludes halogenated alkanes) is 17. The van der Waals surface area contributed by atoms with Gasteiger partial charge in [-0.15, -0.1) is 0 Å². The van der Waals surface area contributed by atoms with E-state index in [0.717, 1.165) is 38.0 Å². The summed E-state index contributed by atoms with van der Waals surface area (Å²) in [5.41, 5.74) is 0. The monoisotopic (exact) mass is 564 g/mol. The van der Waals surface area contributed by atoms with Crippen molar-refractivity contribution in [1.29, 1.82) is 0 Å². The van der Waals surface area contributed by atoms with Crippen molar-refractivity contribution in [3.05, 3.63) is 24.3 Å². The first kappa shape index (κ1) is 38.9. The summed E-state index contributed by atoms with van der Waals surface area (Å²) in [5.74, 6) is 0.823. The van der Waals surface area contributed by atoms with Gasteiger partial charge < -0.3 is 15.5 Å². The molecule has 0 aromatic rings. The number of nitrogens with one attached hydrogen (secondary N) is 1. The fourth-order valence-electron chi connectivity index (χ4n) is 5.36. The summed E-state index contributed by atoms with van der Waals surface area (Å²) in [4.78, 5) is 12.3. The first-order chi connectivity index (χ1) is 19.5. The first-order valence-electron chi connectivity index (χ1n) is 17.4. The predicted octanol–water partition coefficient (Wildman–Crippen LogP) is 9.98. The van der Waals surface area contributed by atoms with Crippen LogP contribution in [0.3, 0.4) is 0 Å². The molecular weight excluding hydrogens is 494 g/mol. The average molecular weight is 564 g/mol. The lowest BCUT2D eigenvalue weighted by molar-refractivity contribution is -0.123. The van der Waals surface area contributed by atoms with E-state index in [4.69, 9.17) is 0 Å². The lowest BCUT2D eigenvalue weighted by atomic mass is 9.98. The molecule has 0 heterocycles. The summed E-state index contributed by atoms with van der Waals surface area (Å²) in [6.07, 6.45) is 36.7. The van der Waals surface area contributed by atoms with Gasteiger partial charge in [0.2, 0.25) is 5.91 Å². The number of carbonyl (C=O) groups is 1. The summed E-state index contributed by atoms with van der Waals surface area (Å²) in [5, 5.41) is 22.8. The highest BCUT2D eigenvalue weighted by atomic mass is 16.3. The molecule has 0 aromatic carbocycles. The lowest BCUT2D eigenvalue weighted by Gasteiger charge is -2.19. The van der Waals surface area contributed by atoms with Crippen LogP contribution < -0.4 is 5.32 Å². The largest absolute Gasteiger partial charge is 0.394 e. The molecule has 3 unspecified atom stereocenters. The molecule has 0 aliphatic carbocycles. The Kier molecular flexibility index (Phi) is 29.9. The molecule has 1 amide bonds. The molecule has 0 aliphatic rings. The quantitative estimate of drug-likeness (QED) is 0.0601. The smallest absolute Gasteiger partial charge is 0.220 e. The second-order valence-electron chi connectivity index (χ2n) is 12.2. The second kappa shape index (κ2) is 30.8. The van der Waals surface area contributed by atoms with Gasteiger partial charge in [0.25, 0.3) is 0 Å². The molecule has 0 fully saturated rings. The van der Waals surface area contributed by atoms with Crippen molar-refractivity contribution in [2.45, 2.75) is 187 Å². The maximum atomic E-state index is 12.3. The molecule has 0 aromatic heterocycles. The Balaban J connectivity index is 3.70. The van der Waals surface area contributed by atoms with Crippen LogP contribution in [0, 0.1) is 5.92 Å². The minimum atomic E-state index is -0.856. The number of rotatable bonds is 30. The van der Waals surface area contributed by atoms with Crippen molar-refractivity contribution in [2.75, 3.05) is 6.61 Å². The number of aliphatic hydroxyl groups excluding tert-OH is 2. The summed E-state index contributed by atoms with van der Waals surface area (Å²) in [7, 11) is 0. The fourth-order valence-corrected chi connectivity index (χ4v) is 5.36. The number of hydrogen-bond donors (Lipinski definition) is 3. The number of amides is 1. The van der Waals surface area contributed by atoms with Crippen LogP contribution in [0.2, 0.25) is 0 Å². The van der Waals surface area contributed by atoms with E-state index >= 15 is 0 Å². The standard InChI is InChI=1S/C36H69NO3/c1-4-6-7-8-9-10-11-12-13-17-20-23-26-30-35(39)34(32-38)37-36(40)31-27-24-21-18-15-14-16-19-22-25-29-33(3)28-5-2/h13,17,26,30,33-35,38-39H,4-12,14-16,18-25,27-29,31-32H2,1-3H3,(H,37,40). The van der Waals surface area contributed by atoms with Gasteiger partial charge in [-0.2, -0.15) is 0 Å². The van der Waals surface area contributed by atoms with Crippen LogP contribution in [0.25, 0.3) is 0 Å². The van der Waals surface area contributed by atoms with Gasteiger partial charge in [0.05, 0.1) is 18.8 Å². The van der Waals surface area contributed by atoms with E-state index in [2.05, 4.69) is 38.2 Å². The van der Waals surface area contributed by atoms with Crippen molar-refractivity contribution < 1.29 is 15.0 Å². The molecule has 40 heavy (non-hydrogen) atoms. The fraction of sp³-hybridized carbons (Fsp3) is 0.861. The highest BCUT2D eigenvalue weighted by molar-refractivity contribution is 5.76. The van der Waals surface area contributed by atoms with Crippen molar-refractivity contribution >= 4 is 5.91 Å². The summed E-state index contributed by atoms with van der Waals surface area (Å²) < 4.78 is 0. The molecule has 0 spiro atoms. The summed E-state index contributed by atoms with van der Waals surface area (Å²) >= 11 is 0. The van der Waals surface area contributed by atoms with Gasteiger partial charge in [0.1, 0.15) is 0 Å². The molecule has 3 atom stereocenters. The van der Waals surface area contributed by atoms with Crippen LogP contribution in [-0.2, 0) is 4.79 Å². The SMILES string of the molecule is CCCCCCCCCC=CCCC=CC(O)C(CO)NC(=O)CCCCCCCCCCCCC(C)CCC. The van der Waals surface area contributed by atoms with E-state index in [-0.39, 0.29) is 12.5 Å². The second-order valence-corrected chi connectivity index (χ2v) is 12.2. The molecule has 0 saturated carbocycles. The Hall–Kier alpha value is -1.13. The van der Waals surface area contributed by atoms with Crippen LogP contribution in [0.5, 0.6) is 0 Å². The minimum Gasteiger partial charge on any atom is -0.394 e. The van der Waals surface area contributed by atoms with Crippen LogP contribution in [0.1, 0.15) is 175 Å². The summed E-state index contributed by atoms with van der Waals surface area (Å²) in [6.45, 7) is 6.67. The minimum absolute atomic E-state index is 0.0759. The van der Waals surface area contributed by atoms with E-state index in [9.17, 15) is 15.0 Å². The molecule has 0 radical (unpaired) electrons. The topological polar surface area (TPSA) is 69.6 Å². The van der Waals surface area contributed by atoms with E-state index in [0.29, 0.717) is 6.42 Å². The van der Waals surface area contributed by atoms with Gasteiger partial charge in [-0.05, 0) is 38.0 Å². The Morgan fingerprint density at radius 1 is 0.650 bits per heavy atom. The van der Waals surface area contributed by atoms with E-state index in [1.54, 1.807) is 6.08 Å². The van der Waals surface area contributed by atoms with Crippen LogP contribution in [0.15, 0.2) is 24.3 Å². The molecule has 3 N–H and O–H groups in total. The number of aliphatic hydroxyl groups is 2. The normalized spacial score (nSPS) is 14.2. The third-order valence-electron chi connectivity index (χ3n) is 8.06. The van der Waals surface area contributed by atoms with Gasteiger partial charge >= 0.3 is 0 Å². The van der Waals surface area contributed by atoms with E-state index in [1.807, 2.05) is 6.08 Å². The zero-order chi connectivity index (χ0) is 29.5. The van der Waals surface area contributed by atoms with Gasteiger partial charge in [0, 0.05) is 6.42 Å². The predicted molar refractivity (Wildman–Crippen MR) is 175 cm³/mol. The number of carbonyl (C=O) groups excluding carboxylic acids is 1. The molecule has 4 heteroatoms. The van der Waals surface area contributed by atoms with Crippen molar-refractivity contribution in [1.82, 2.24) is 5.32 Å². The van der Waals surface area contributed by atoms with Gasteiger partial charge in [-0.25, -0.2) is 0 Å². The maximum Gasteiger partial charge on any atom is 0.220 e. The van der Waals surface area contributed by atoms with E-state index < -0.39 is 12.1 Å². The molecule has 0 rings (SSSR count).